The molecule has 2 heterocycles. The molecule has 0 spiro atoms. The zero-order valence-electron chi connectivity index (χ0n) is 14.4. The number of nitrogens with zero attached hydrogens (tertiary/aromatic N) is 2. The molecule has 0 fully saturated rings. The van der Waals surface area contributed by atoms with Crippen LogP contribution in [0.25, 0.3) is 22.2 Å². The summed E-state index contributed by atoms with van der Waals surface area (Å²) in [6, 6.07) is 17.1. The second-order valence-electron chi connectivity index (χ2n) is 5.97. The van der Waals surface area contributed by atoms with Gasteiger partial charge in [0.05, 0.1) is 5.71 Å². The number of para-hydroxylation sites is 1. The largest absolute Gasteiger partial charge is 0.360 e. The van der Waals surface area contributed by atoms with E-state index in [4.69, 9.17) is 4.52 Å². The van der Waals surface area contributed by atoms with Crippen molar-refractivity contribution in [2.24, 2.45) is 5.10 Å². The van der Waals surface area contributed by atoms with Crippen LogP contribution in [0.15, 0.2) is 74.9 Å². The maximum absolute atomic E-state index is 12.3. The molecule has 0 aliphatic heterocycles. The second kappa shape index (κ2) is 7.20. The molecule has 4 aromatic rings. The van der Waals surface area contributed by atoms with Gasteiger partial charge in [-0.25, -0.2) is 5.43 Å². The van der Waals surface area contributed by atoms with E-state index in [1.54, 1.807) is 6.07 Å². The van der Waals surface area contributed by atoms with Gasteiger partial charge in [0.1, 0.15) is 0 Å². The number of hydrazone groups is 1. The molecule has 6 nitrogen and oxygen atoms in total. The van der Waals surface area contributed by atoms with Gasteiger partial charge in [-0.1, -0.05) is 51.4 Å². The van der Waals surface area contributed by atoms with Gasteiger partial charge in [-0.15, -0.1) is 0 Å². The van der Waals surface area contributed by atoms with Gasteiger partial charge in [0.25, 0.3) is 5.91 Å². The van der Waals surface area contributed by atoms with Gasteiger partial charge in [0.15, 0.2) is 11.5 Å². The molecule has 27 heavy (non-hydrogen) atoms. The number of hydrogen-bond donors (Lipinski definition) is 2. The van der Waals surface area contributed by atoms with Crippen molar-refractivity contribution < 1.29 is 9.32 Å². The van der Waals surface area contributed by atoms with Crippen LogP contribution in [-0.4, -0.2) is 21.8 Å². The van der Waals surface area contributed by atoms with E-state index >= 15 is 0 Å². The van der Waals surface area contributed by atoms with Crippen molar-refractivity contribution >= 4 is 38.5 Å². The number of amides is 1. The Morgan fingerprint density at radius 2 is 1.96 bits per heavy atom. The fourth-order valence-electron chi connectivity index (χ4n) is 2.73. The first-order chi connectivity index (χ1) is 13.1. The first-order valence-electron chi connectivity index (χ1n) is 8.25. The summed E-state index contributed by atoms with van der Waals surface area (Å²) in [6.07, 6.45) is 1.84. The van der Waals surface area contributed by atoms with E-state index in [1.165, 1.54) is 0 Å². The molecule has 0 unspecified atom stereocenters. The maximum Gasteiger partial charge on any atom is 0.293 e. The van der Waals surface area contributed by atoms with Gasteiger partial charge in [-0.05, 0) is 30.7 Å². The first-order valence-corrected chi connectivity index (χ1v) is 9.05. The quantitative estimate of drug-likeness (QED) is 0.368. The van der Waals surface area contributed by atoms with Crippen LogP contribution < -0.4 is 5.43 Å². The van der Waals surface area contributed by atoms with Crippen molar-refractivity contribution in [1.29, 1.82) is 0 Å². The number of aromatic amines is 1. The van der Waals surface area contributed by atoms with E-state index in [9.17, 15) is 4.79 Å². The Morgan fingerprint density at radius 1 is 1.19 bits per heavy atom. The monoisotopic (exact) mass is 422 g/mol. The molecule has 1 amide bonds. The topological polar surface area (TPSA) is 83.3 Å². The number of carbonyl (C=O) groups excluding carboxylic acids is 1. The Bertz CT molecular complexity index is 1140. The minimum absolute atomic E-state index is 0.169. The van der Waals surface area contributed by atoms with Gasteiger partial charge >= 0.3 is 0 Å². The van der Waals surface area contributed by atoms with E-state index in [2.05, 4.69) is 36.6 Å². The van der Waals surface area contributed by atoms with Gasteiger partial charge in [-0.2, -0.15) is 5.10 Å². The summed E-state index contributed by atoms with van der Waals surface area (Å²) in [4.78, 5) is 15.5. The molecule has 0 saturated carbocycles. The molecule has 0 saturated heterocycles. The van der Waals surface area contributed by atoms with E-state index in [0.29, 0.717) is 11.5 Å². The molecule has 0 bridgehead atoms. The average molecular weight is 423 g/mol. The van der Waals surface area contributed by atoms with E-state index < -0.39 is 5.91 Å². The summed E-state index contributed by atoms with van der Waals surface area (Å²) < 4.78 is 6.34. The summed E-state index contributed by atoms with van der Waals surface area (Å²) in [5.74, 6) is 0.0903. The number of aromatic nitrogens is 2. The average Bonchev–Trinajstić information content (AvgIpc) is 3.33. The highest BCUT2D eigenvalue weighted by atomic mass is 79.9. The van der Waals surface area contributed by atoms with Crippen LogP contribution in [0.5, 0.6) is 0 Å². The molecule has 4 rings (SSSR count). The molecule has 2 aromatic carbocycles. The molecular formula is C20H15BrN4O2. The predicted molar refractivity (Wildman–Crippen MR) is 108 cm³/mol. The zero-order valence-corrected chi connectivity index (χ0v) is 15.9. The number of carbonyl (C=O) groups is 1. The highest BCUT2D eigenvalue weighted by molar-refractivity contribution is 9.10. The molecular weight excluding hydrogens is 408 g/mol. The van der Waals surface area contributed by atoms with Crippen LogP contribution in [0.4, 0.5) is 0 Å². The van der Waals surface area contributed by atoms with Crippen LogP contribution in [0.3, 0.4) is 0 Å². The predicted octanol–water partition coefficient (Wildman–Crippen LogP) is 4.74. The summed E-state index contributed by atoms with van der Waals surface area (Å²) in [7, 11) is 0. The van der Waals surface area contributed by atoms with Gasteiger partial charge in [0, 0.05) is 33.2 Å². The van der Waals surface area contributed by atoms with E-state index in [0.717, 1.165) is 26.5 Å². The van der Waals surface area contributed by atoms with Gasteiger partial charge < -0.3 is 9.51 Å². The summed E-state index contributed by atoms with van der Waals surface area (Å²) in [6.45, 7) is 1.82. The van der Waals surface area contributed by atoms with Crippen LogP contribution in [0.1, 0.15) is 23.0 Å². The lowest BCUT2D eigenvalue weighted by Crippen LogP contribution is -2.19. The Balaban J connectivity index is 1.52. The normalized spacial score (nSPS) is 11.7. The fraction of sp³-hybridized carbons (Fsp3) is 0.0500. The standard InChI is InChI=1S/C20H15BrN4O2/c1-12(13-6-8-14(21)9-7-13)23-24-20(26)18-10-19(27-25-18)16-11-22-17-5-3-2-4-15(16)17/h2-11,22H,1H3,(H,24,26)/b23-12+. The fourth-order valence-corrected chi connectivity index (χ4v) is 3.00. The van der Waals surface area contributed by atoms with Crippen molar-refractivity contribution in [3.05, 3.63) is 76.5 Å². The molecule has 2 aromatic heterocycles. The van der Waals surface area contributed by atoms with Gasteiger partial charge in [-0.3, -0.25) is 4.79 Å². The minimum atomic E-state index is -0.429. The Morgan fingerprint density at radius 3 is 2.78 bits per heavy atom. The van der Waals surface area contributed by atoms with Crippen LogP contribution in [-0.2, 0) is 0 Å². The van der Waals surface area contributed by atoms with Crippen molar-refractivity contribution in [3.63, 3.8) is 0 Å². The lowest BCUT2D eigenvalue weighted by molar-refractivity contribution is 0.0946. The Kier molecular flexibility index (Phi) is 4.60. The highest BCUT2D eigenvalue weighted by Gasteiger charge is 2.16. The molecule has 7 heteroatoms. The third kappa shape index (κ3) is 3.54. The zero-order chi connectivity index (χ0) is 18.8. The SMILES string of the molecule is C/C(=N\NC(=O)c1cc(-c2c[nH]c3ccccc23)on1)c1ccc(Br)cc1. The smallest absolute Gasteiger partial charge is 0.293 e. The Hall–Kier alpha value is -3.19. The third-order valence-electron chi connectivity index (χ3n) is 4.18. The number of rotatable bonds is 4. The van der Waals surface area contributed by atoms with E-state index in [1.807, 2.05) is 61.7 Å². The number of fused-ring (bicyclic) bond motifs is 1. The molecule has 0 aliphatic rings. The highest BCUT2D eigenvalue weighted by Crippen LogP contribution is 2.28. The third-order valence-corrected chi connectivity index (χ3v) is 4.71. The summed E-state index contributed by atoms with van der Waals surface area (Å²) in [5, 5.41) is 9.01. The van der Waals surface area contributed by atoms with Crippen molar-refractivity contribution in [2.45, 2.75) is 6.92 Å². The number of H-pyrrole nitrogens is 1. The molecule has 134 valence electrons. The summed E-state index contributed by atoms with van der Waals surface area (Å²) >= 11 is 3.39. The number of nitrogens with one attached hydrogen (secondary N) is 2. The first kappa shape index (κ1) is 17.2. The van der Waals surface area contributed by atoms with Crippen molar-refractivity contribution in [2.75, 3.05) is 0 Å². The van der Waals surface area contributed by atoms with Crippen molar-refractivity contribution in [1.82, 2.24) is 15.6 Å². The lowest BCUT2D eigenvalue weighted by Gasteiger charge is -2.01. The van der Waals surface area contributed by atoms with Crippen LogP contribution in [0.2, 0.25) is 0 Å². The van der Waals surface area contributed by atoms with E-state index in [-0.39, 0.29) is 5.69 Å². The molecule has 0 atom stereocenters. The van der Waals surface area contributed by atoms with Crippen molar-refractivity contribution in [3.8, 4) is 11.3 Å². The number of benzene rings is 2. The second-order valence-corrected chi connectivity index (χ2v) is 6.89. The van der Waals surface area contributed by atoms with Crippen LogP contribution in [0, 0.1) is 0 Å². The summed E-state index contributed by atoms with van der Waals surface area (Å²) in [5.41, 5.74) is 6.13. The lowest BCUT2D eigenvalue weighted by atomic mass is 10.1. The minimum Gasteiger partial charge on any atom is -0.360 e. The maximum atomic E-state index is 12.3. The Labute approximate surface area is 163 Å². The molecule has 2 N–H and O–H groups in total. The molecule has 0 radical (unpaired) electrons. The van der Waals surface area contributed by atoms with Crippen LogP contribution >= 0.6 is 15.9 Å². The number of hydrogen-bond acceptors (Lipinski definition) is 4. The van der Waals surface area contributed by atoms with Gasteiger partial charge in [0.2, 0.25) is 0 Å². The number of halogens is 1. The molecule has 0 aliphatic carbocycles.